The molecule has 1 aliphatic heterocycles. The standard InChI is InChI=1S/C20H27N3O2S/c1-14(20-22-17-6-2-3-7-18(17)26-20)21-19(24)15-8-10-23(11-9-15)13-16-5-4-12-25-16/h4-5,12,14-15H,2-3,6-11,13H2,1H3,(H,21,24). The summed E-state index contributed by atoms with van der Waals surface area (Å²) in [5.41, 5.74) is 1.27. The quantitative estimate of drug-likeness (QED) is 0.868. The van der Waals surface area contributed by atoms with Crippen LogP contribution in [0.5, 0.6) is 0 Å². The molecule has 0 radical (unpaired) electrons. The Kier molecular flexibility index (Phi) is 5.41. The second-order valence-corrected chi connectivity index (χ2v) is 8.60. The predicted octanol–water partition coefficient (Wildman–Crippen LogP) is 3.70. The number of furan rings is 1. The molecule has 0 aromatic carbocycles. The van der Waals surface area contributed by atoms with E-state index in [1.807, 2.05) is 12.1 Å². The molecule has 0 bridgehead atoms. The van der Waals surface area contributed by atoms with Crippen LogP contribution in [-0.2, 0) is 24.2 Å². The van der Waals surface area contributed by atoms with Crippen molar-refractivity contribution in [2.45, 2.75) is 58.0 Å². The normalized spacial score (nSPS) is 19.9. The molecule has 5 nitrogen and oxygen atoms in total. The number of nitrogens with zero attached hydrogens (tertiary/aromatic N) is 2. The lowest BCUT2D eigenvalue weighted by Crippen LogP contribution is -2.40. The van der Waals surface area contributed by atoms with Gasteiger partial charge in [0.2, 0.25) is 5.91 Å². The van der Waals surface area contributed by atoms with Crippen LogP contribution in [0.15, 0.2) is 22.8 Å². The van der Waals surface area contributed by atoms with Crippen molar-refractivity contribution >= 4 is 17.2 Å². The monoisotopic (exact) mass is 373 g/mol. The van der Waals surface area contributed by atoms with Gasteiger partial charge in [0.05, 0.1) is 24.5 Å². The second-order valence-electron chi connectivity index (χ2n) is 7.49. The zero-order chi connectivity index (χ0) is 17.9. The van der Waals surface area contributed by atoms with Gasteiger partial charge < -0.3 is 9.73 Å². The largest absolute Gasteiger partial charge is 0.468 e. The van der Waals surface area contributed by atoms with Gasteiger partial charge in [-0.2, -0.15) is 0 Å². The molecule has 6 heteroatoms. The Morgan fingerprint density at radius 2 is 2.19 bits per heavy atom. The lowest BCUT2D eigenvalue weighted by molar-refractivity contribution is -0.127. The van der Waals surface area contributed by atoms with Gasteiger partial charge in [-0.1, -0.05) is 0 Å². The molecule has 2 aromatic rings. The maximum atomic E-state index is 12.7. The summed E-state index contributed by atoms with van der Waals surface area (Å²) < 4.78 is 5.42. The van der Waals surface area contributed by atoms with Crippen LogP contribution in [0, 0.1) is 5.92 Å². The summed E-state index contributed by atoms with van der Waals surface area (Å²) in [4.78, 5) is 21.3. The Morgan fingerprint density at radius 3 is 2.92 bits per heavy atom. The minimum absolute atomic E-state index is 0.0132. The number of carbonyl (C=O) groups excluding carboxylic acids is 1. The number of aromatic nitrogens is 1. The summed E-state index contributed by atoms with van der Waals surface area (Å²) in [7, 11) is 0. The van der Waals surface area contributed by atoms with Crippen LogP contribution in [0.3, 0.4) is 0 Å². The fourth-order valence-corrected chi connectivity index (χ4v) is 5.08. The first-order valence-corrected chi connectivity index (χ1v) is 10.5. The fourth-order valence-electron chi connectivity index (χ4n) is 3.93. The number of rotatable bonds is 5. The number of hydrogen-bond donors (Lipinski definition) is 1. The third kappa shape index (κ3) is 4.01. The molecule has 26 heavy (non-hydrogen) atoms. The van der Waals surface area contributed by atoms with Gasteiger partial charge in [-0.15, -0.1) is 11.3 Å². The van der Waals surface area contributed by atoms with Gasteiger partial charge in [0.25, 0.3) is 0 Å². The van der Waals surface area contributed by atoms with Crippen molar-refractivity contribution < 1.29 is 9.21 Å². The third-order valence-corrected chi connectivity index (χ3v) is 6.85. The third-order valence-electron chi connectivity index (χ3n) is 5.51. The maximum Gasteiger partial charge on any atom is 0.223 e. The van der Waals surface area contributed by atoms with Gasteiger partial charge in [0.15, 0.2) is 0 Å². The van der Waals surface area contributed by atoms with Crippen LogP contribution >= 0.6 is 11.3 Å². The SMILES string of the molecule is CC(NC(=O)C1CCN(Cc2ccco2)CC1)c1nc2c(s1)CCCC2. The number of piperidine rings is 1. The number of aryl methyl sites for hydroxylation is 2. The first-order valence-electron chi connectivity index (χ1n) is 9.72. The Morgan fingerprint density at radius 1 is 1.38 bits per heavy atom. The zero-order valence-corrected chi connectivity index (χ0v) is 16.2. The van der Waals surface area contributed by atoms with Gasteiger partial charge in [-0.3, -0.25) is 9.69 Å². The van der Waals surface area contributed by atoms with Gasteiger partial charge in [-0.05, 0) is 70.7 Å². The van der Waals surface area contributed by atoms with Crippen LogP contribution in [0.4, 0.5) is 0 Å². The summed E-state index contributed by atoms with van der Waals surface area (Å²) >= 11 is 1.79. The molecule has 1 unspecified atom stereocenters. The van der Waals surface area contributed by atoms with E-state index in [2.05, 4.69) is 17.1 Å². The Bertz CT molecular complexity index is 709. The van der Waals surface area contributed by atoms with E-state index in [4.69, 9.17) is 9.40 Å². The molecule has 2 aromatic heterocycles. The van der Waals surface area contributed by atoms with E-state index >= 15 is 0 Å². The fraction of sp³-hybridized carbons (Fsp3) is 0.600. The highest BCUT2D eigenvalue weighted by Crippen LogP contribution is 2.30. The number of thiazole rings is 1. The van der Waals surface area contributed by atoms with Gasteiger partial charge in [-0.25, -0.2) is 4.98 Å². The van der Waals surface area contributed by atoms with E-state index in [0.717, 1.165) is 56.1 Å². The predicted molar refractivity (Wildman–Crippen MR) is 102 cm³/mol. The molecule has 1 saturated heterocycles. The molecule has 4 rings (SSSR count). The van der Waals surface area contributed by atoms with Crippen molar-refractivity contribution in [3.8, 4) is 0 Å². The molecule has 140 valence electrons. The van der Waals surface area contributed by atoms with Crippen molar-refractivity contribution in [3.63, 3.8) is 0 Å². The Labute approximate surface area is 158 Å². The van der Waals surface area contributed by atoms with E-state index in [0.29, 0.717) is 0 Å². The van der Waals surface area contributed by atoms with Crippen molar-refractivity contribution in [2.75, 3.05) is 13.1 Å². The van der Waals surface area contributed by atoms with Gasteiger partial charge in [0, 0.05) is 10.8 Å². The summed E-state index contributed by atoms with van der Waals surface area (Å²) in [5.74, 6) is 1.29. The van der Waals surface area contributed by atoms with Crippen molar-refractivity contribution in [3.05, 3.63) is 39.7 Å². The number of likely N-dealkylation sites (tertiary alicyclic amines) is 1. The molecule has 1 amide bonds. The number of carbonyl (C=O) groups is 1. The Hall–Kier alpha value is -1.66. The first kappa shape index (κ1) is 17.7. The average Bonchev–Trinajstić information content (AvgIpc) is 3.31. The van der Waals surface area contributed by atoms with E-state index in [1.165, 1.54) is 23.4 Å². The molecular formula is C20H27N3O2S. The molecule has 1 aliphatic carbocycles. The van der Waals surface area contributed by atoms with Crippen molar-refractivity contribution in [1.82, 2.24) is 15.2 Å². The highest BCUT2D eigenvalue weighted by atomic mass is 32.1. The van der Waals surface area contributed by atoms with Crippen LogP contribution < -0.4 is 5.32 Å². The number of nitrogens with one attached hydrogen (secondary N) is 1. The molecule has 0 spiro atoms. The molecular weight excluding hydrogens is 346 g/mol. The van der Waals surface area contributed by atoms with Gasteiger partial charge in [0.1, 0.15) is 10.8 Å². The van der Waals surface area contributed by atoms with Gasteiger partial charge >= 0.3 is 0 Å². The minimum atomic E-state index is 0.0132. The summed E-state index contributed by atoms with van der Waals surface area (Å²) in [6, 6.07) is 3.95. The molecule has 1 fully saturated rings. The van der Waals surface area contributed by atoms with Crippen LogP contribution in [0.1, 0.15) is 60.0 Å². The number of hydrogen-bond acceptors (Lipinski definition) is 5. The van der Waals surface area contributed by atoms with Crippen LogP contribution in [0.2, 0.25) is 0 Å². The lowest BCUT2D eigenvalue weighted by Gasteiger charge is -2.31. The molecule has 2 aliphatic rings. The lowest BCUT2D eigenvalue weighted by atomic mass is 9.95. The molecule has 1 N–H and O–H groups in total. The highest BCUT2D eigenvalue weighted by Gasteiger charge is 2.27. The van der Waals surface area contributed by atoms with Crippen LogP contribution in [-0.4, -0.2) is 28.9 Å². The average molecular weight is 374 g/mol. The van der Waals surface area contributed by atoms with E-state index in [-0.39, 0.29) is 17.9 Å². The van der Waals surface area contributed by atoms with E-state index < -0.39 is 0 Å². The molecule has 3 heterocycles. The summed E-state index contributed by atoms with van der Waals surface area (Å²) in [6.45, 7) is 4.79. The van der Waals surface area contributed by atoms with Crippen molar-refractivity contribution in [1.29, 1.82) is 0 Å². The first-order chi connectivity index (χ1) is 12.7. The smallest absolute Gasteiger partial charge is 0.223 e. The second kappa shape index (κ2) is 7.92. The zero-order valence-electron chi connectivity index (χ0n) is 15.4. The van der Waals surface area contributed by atoms with Crippen LogP contribution in [0.25, 0.3) is 0 Å². The van der Waals surface area contributed by atoms with E-state index in [9.17, 15) is 4.79 Å². The number of fused-ring (bicyclic) bond motifs is 1. The van der Waals surface area contributed by atoms with Crippen molar-refractivity contribution in [2.24, 2.45) is 5.92 Å². The highest BCUT2D eigenvalue weighted by molar-refractivity contribution is 7.11. The Balaban J connectivity index is 1.27. The maximum absolute atomic E-state index is 12.7. The summed E-state index contributed by atoms with van der Waals surface area (Å²) in [6.07, 6.45) is 8.30. The summed E-state index contributed by atoms with van der Waals surface area (Å²) in [5, 5.41) is 4.28. The molecule has 1 atom stereocenters. The topological polar surface area (TPSA) is 58.4 Å². The molecule has 0 saturated carbocycles. The van der Waals surface area contributed by atoms with E-state index in [1.54, 1.807) is 17.6 Å². The number of amides is 1. The minimum Gasteiger partial charge on any atom is -0.468 e.